The summed E-state index contributed by atoms with van der Waals surface area (Å²) in [5.74, 6) is 0. The van der Waals surface area contributed by atoms with E-state index < -0.39 is 0 Å². The molecule has 0 N–H and O–H groups in total. The Morgan fingerprint density at radius 3 is 2.64 bits per heavy atom. The van der Waals surface area contributed by atoms with Crippen molar-refractivity contribution in [1.29, 1.82) is 5.26 Å². The van der Waals surface area contributed by atoms with E-state index in [0.717, 1.165) is 0 Å². The summed E-state index contributed by atoms with van der Waals surface area (Å²) in [5.41, 5.74) is 0.776. The van der Waals surface area contributed by atoms with Gasteiger partial charge < -0.3 is 0 Å². The van der Waals surface area contributed by atoms with Crippen LogP contribution in [0.3, 0.4) is 0 Å². The molecule has 1 aromatic rings. The fourth-order valence-electron chi connectivity index (χ4n) is 1.35. The SMILES string of the molecule is CC(C)(C)c1c(C=O)nnn1CC#N. The second kappa shape index (κ2) is 3.58. The van der Waals surface area contributed by atoms with E-state index in [1.807, 2.05) is 26.8 Å². The normalized spacial score (nSPS) is 11.0. The molecule has 0 fully saturated rings. The first-order valence-electron chi connectivity index (χ1n) is 4.26. The molecule has 0 saturated heterocycles. The molecule has 0 radical (unpaired) electrons. The average molecular weight is 192 g/mol. The lowest BCUT2D eigenvalue weighted by atomic mass is 9.90. The van der Waals surface area contributed by atoms with Crippen molar-refractivity contribution in [1.82, 2.24) is 15.0 Å². The monoisotopic (exact) mass is 192 g/mol. The van der Waals surface area contributed by atoms with Gasteiger partial charge in [-0.2, -0.15) is 5.26 Å². The van der Waals surface area contributed by atoms with Gasteiger partial charge in [-0.1, -0.05) is 26.0 Å². The van der Waals surface area contributed by atoms with Crippen molar-refractivity contribution in [3.63, 3.8) is 0 Å². The molecule has 5 heteroatoms. The van der Waals surface area contributed by atoms with Gasteiger partial charge in [0.05, 0.1) is 11.8 Å². The van der Waals surface area contributed by atoms with Crippen LogP contribution in [0, 0.1) is 11.3 Å². The summed E-state index contributed by atoms with van der Waals surface area (Å²) in [6.45, 7) is 5.97. The van der Waals surface area contributed by atoms with Crippen LogP contribution in [-0.4, -0.2) is 21.3 Å². The number of carbonyl (C=O) groups excluding carboxylic acids is 1. The van der Waals surface area contributed by atoms with Gasteiger partial charge in [0.1, 0.15) is 12.2 Å². The Balaban J connectivity index is 3.28. The van der Waals surface area contributed by atoms with Crippen molar-refractivity contribution in [2.75, 3.05) is 0 Å². The quantitative estimate of drug-likeness (QED) is 0.653. The lowest BCUT2D eigenvalue weighted by molar-refractivity contribution is 0.111. The van der Waals surface area contributed by atoms with Gasteiger partial charge in [-0.05, 0) is 0 Å². The Bertz CT molecular complexity index is 380. The van der Waals surface area contributed by atoms with Crippen LogP contribution < -0.4 is 0 Å². The van der Waals surface area contributed by atoms with Crippen molar-refractivity contribution in [2.45, 2.75) is 32.7 Å². The second-order valence-electron chi connectivity index (χ2n) is 4.01. The maximum absolute atomic E-state index is 10.7. The highest BCUT2D eigenvalue weighted by Gasteiger charge is 2.24. The third-order valence-electron chi connectivity index (χ3n) is 1.80. The molecule has 0 bridgehead atoms. The number of hydrogen-bond donors (Lipinski definition) is 0. The van der Waals surface area contributed by atoms with Crippen molar-refractivity contribution in [3.8, 4) is 6.07 Å². The van der Waals surface area contributed by atoms with Gasteiger partial charge in [0.25, 0.3) is 0 Å². The zero-order valence-corrected chi connectivity index (χ0v) is 8.48. The maximum Gasteiger partial charge on any atom is 0.172 e. The lowest BCUT2D eigenvalue weighted by Gasteiger charge is -2.18. The number of hydrogen-bond acceptors (Lipinski definition) is 4. The molecule has 0 aromatic carbocycles. The smallest absolute Gasteiger partial charge is 0.172 e. The Kier molecular flexibility index (Phi) is 2.65. The Morgan fingerprint density at radius 2 is 2.21 bits per heavy atom. The summed E-state index contributed by atoms with van der Waals surface area (Å²) in [6.07, 6.45) is 0.668. The largest absolute Gasteiger partial charge is 0.296 e. The fourth-order valence-corrected chi connectivity index (χ4v) is 1.35. The summed E-state index contributed by atoms with van der Waals surface area (Å²) >= 11 is 0. The molecule has 1 aromatic heterocycles. The van der Waals surface area contributed by atoms with Crippen molar-refractivity contribution in [2.24, 2.45) is 0 Å². The molecule has 0 atom stereocenters. The predicted octanol–water partition coefficient (Wildman–Crippen LogP) is 0.912. The topological polar surface area (TPSA) is 71.6 Å². The van der Waals surface area contributed by atoms with Crippen LogP contribution in [0.25, 0.3) is 0 Å². The minimum atomic E-state index is -0.239. The van der Waals surface area contributed by atoms with E-state index >= 15 is 0 Å². The first-order chi connectivity index (χ1) is 6.50. The zero-order chi connectivity index (χ0) is 10.8. The first kappa shape index (κ1) is 10.4. The van der Waals surface area contributed by atoms with E-state index in [0.29, 0.717) is 17.7 Å². The molecule has 14 heavy (non-hydrogen) atoms. The summed E-state index contributed by atoms with van der Waals surface area (Å²) in [5, 5.41) is 16.0. The Labute approximate surface area is 82.3 Å². The maximum atomic E-state index is 10.7. The lowest BCUT2D eigenvalue weighted by Crippen LogP contribution is -2.20. The van der Waals surface area contributed by atoms with Gasteiger partial charge >= 0.3 is 0 Å². The number of nitrogens with zero attached hydrogens (tertiary/aromatic N) is 4. The molecule has 0 saturated carbocycles. The number of aromatic nitrogens is 3. The van der Waals surface area contributed by atoms with Gasteiger partial charge in [-0.15, -0.1) is 5.10 Å². The zero-order valence-electron chi connectivity index (χ0n) is 8.48. The molecule has 0 aliphatic rings. The van der Waals surface area contributed by atoms with Crippen molar-refractivity contribution in [3.05, 3.63) is 11.4 Å². The Hall–Kier alpha value is -1.70. The second-order valence-corrected chi connectivity index (χ2v) is 4.01. The third kappa shape index (κ3) is 1.79. The van der Waals surface area contributed by atoms with Gasteiger partial charge in [-0.25, -0.2) is 4.68 Å². The standard InChI is InChI=1S/C9H12N4O/c1-9(2,3)8-7(6-14)11-12-13(8)5-4-10/h6H,5H2,1-3H3. The van der Waals surface area contributed by atoms with E-state index in [1.54, 1.807) is 0 Å². The Morgan fingerprint density at radius 1 is 1.57 bits per heavy atom. The molecule has 1 rings (SSSR count). The molecule has 0 aliphatic heterocycles. The highest BCUT2D eigenvalue weighted by atomic mass is 16.1. The molecule has 1 heterocycles. The number of carbonyl (C=O) groups is 1. The summed E-state index contributed by atoms with van der Waals surface area (Å²) < 4.78 is 1.46. The summed E-state index contributed by atoms with van der Waals surface area (Å²) in [7, 11) is 0. The molecule has 74 valence electrons. The van der Waals surface area contributed by atoms with Crippen LogP contribution in [-0.2, 0) is 12.0 Å². The van der Waals surface area contributed by atoms with E-state index in [4.69, 9.17) is 5.26 Å². The minimum absolute atomic E-state index is 0.118. The summed E-state index contributed by atoms with van der Waals surface area (Å²) in [4.78, 5) is 10.7. The van der Waals surface area contributed by atoms with Crippen molar-refractivity contribution >= 4 is 6.29 Å². The van der Waals surface area contributed by atoms with Crippen LogP contribution in [0.1, 0.15) is 37.0 Å². The number of rotatable bonds is 2. The van der Waals surface area contributed by atoms with Crippen LogP contribution in [0.2, 0.25) is 0 Å². The van der Waals surface area contributed by atoms with Gasteiger partial charge in [-0.3, -0.25) is 4.79 Å². The van der Waals surface area contributed by atoms with Crippen LogP contribution in [0.15, 0.2) is 0 Å². The molecule has 5 nitrogen and oxygen atoms in total. The van der Waals surface area contributed by atoms with Crippen LogP contribution >= 0.6 is 0 Å². The highest BCUT2D eigenvalue weighted by Crippen LogP contribution is 2.23. The minimum Gasteiger partial charge on any atom is -0.296 e. The predicted molar refractivity (Wildman–Crippen MR) is 49.7 cm³/mol. The molecule has 0 spiro atoms. The number of aldehydes is 1. The molecule has 0 unspecified atom stereocenters. The van der Waals surface area contributed by atoms with E-state index in [-0.39, 0.29) is 12.0 Å². The van der Waals surface area contributed by atoms with Gasteiger partial charge in [0.2, 0.25) is 0 Å². The van der Waals surface area contributed by atoms with E-state index in [9.17, 15) is 4.79 Å². The number of nitriles is 1. The first-order valence-corrected chi connectivity index (χ1v) is 4.26. The highest BCUT2D eigenvalue weighted by molar-refractivity contribution is 5.73. The molecular weight excluding hydrogens is 180 g/mol. The van der Waals surface area contributed by atoms with E-state index in [1.165, 1.54) is 4.68 Å². The summed E-state index contributed by atoms with van der Waals surface area (Å²) in [6, 6.07) is 1.98. The third-order valence-corrected chi connectivity index (χ3v) is 1.80. The van der Waals surface area contributed by atoms with Crippen molar-refractivity contribution < 1.29 is 4.79 Å². The van der Waals surface area contributed by atoms with Crippen LogP contribution in [0.5, 0.6) is 0 Å². The average Bonchev–Trinajstić information content (AvgIpc) is 2.47. The molecule has 0 aliphatic carbocycles. The molecule has 0 amide bonds. The van der Waals surface area contributed by atoms with Gasteiger partial charge in [0, 0.05) is 5.41 Å². The molecular formula is C9H12N4O. The van der Waals surface area contributed by atoms with Crippen LogP contribution in [0.4, 0.5) is 0 Å². The fraction of sp³-hybridized carbons (Fsp3) is 0.556. The van der Waals surface area contributed by atoms with Gasteiger partial charge in [0.15, 0.2) is 6.29 Å². The van der Waals surface area contributed by atoms with E-state index in [2.05, 4.69) is 10.3 Å².